The minimum Gasteiger partial charge on any atom is -0.385 e. The number of methoxy groups -OCH3 is 1. The van der Waals surface area contributed by atoms with Gasteiger partial charge < -0.3 is 10.1 Å². The van der Waals surface area contributed by atoms with Gasteiger partial charge >= 0.3 is 0 Å². The molecule has 0 bridgehead atoms. The number of rotatable bonds is 6. The van der Waals surface area contributed by atoms with Crippen molar-refractivity contribution in [2.45, 2.75) is 38.1 Å². The van der Waals surface area contributed by atoms with Gasteiger partial charge in [-0.1, -0.05) is 36.8 Å². The van der Waals surface area contributed by atoms with Gasteiger partial charge in [-0.25, -0.2) is 0 Å². The zero-order valence-corrected chi connectivity index (χ0v) is 14.1. The van der Waals surface area contributed by atoms with Gasteiger partial charge in [0, 0.05) is 32.2 Å². The highest BCUT2D eigenvalue weighted by Gasteiger charge is 2.28. The van der Waals surface area contributed by atoms with Crippen molar-refractivity contribution in [2.24, 2.45) is 0 Å². The standard InChI is InChI=1S/C18H24N4O2/c1-24-13-7-12-19-18(23)15-10-5-6-11-16-20-21-17(22(15)16)14-8-3-2-4-9-14/h2-4,8-9,15H,5-7,10-13H2,1H3,(H,19,23). The van der Waals surface area contributed by atoms with Crippen LogP contribution in [0.1, 0.15) is 37.5 Å². The minimum absolute atomic E-state index is 0.0474. The predicted molar refractivity (Wildman–Crippen MR) is 91.6 cm³/mol. The van der Waals surface area contributed by atoms with E-state index in [1.54, 1.807) is 7.11 Å². The van der Waals surface area contributed by atoms with E-state index < -0.39 is 0 Å². The second-order valence-electron chi connectivity index (χ2n) is 6.07. The smallest absolute Gasteiger partial charge is 0.243 e. The first-order valence-corrected chi connectivity index (χ1v) is 8.57. The lowest BCUT2D eigenvalue weighted by atomic mass is 10.1. The van der Waals surface area contributed by atoms with Crippen LogP contribution in [0.5, 0.6) is 0 Å². The SMILES string of the molecule is COCCCNC(=O)C1CCCCc2nnc(-c3ccccc3)n21. The molecule has 1 amide bonds. The van der Waals surface area contributed by atoms with E-state index in [1.165, 1.54) is 0 Å². The molecule has 6 heteroatoms. The van der Waals surface area contributed by atoms with Gasteiger partial charge in [-0.05, 0) is 19.3 Å². The lowest BCUT2D eigenvalue weighted by Crippen LogP contribution is -2.34. The molecule has 0 spiro atoms. The summed E-state index contributed by atoms with van der Waals surface area (Å²) in [7, 11) is 1.67. The quantitative estimate of drug-likeness (QED) is 0.827. The molecule has 1 aliphatic heterocycles. The van der Waals surface area contributed by atoms with Crippen LogP contribution in [-0.2, 0) is 16.0 Å². The van der Waals surface area contributed by atoms with Crippen LogP contribution in [0.15, 0.2) is 30.3 Å². The summed E-state index contributed by atoms with van der Waals surface area (Å²) >= 11 is 0. The molecule has 6 nitrogen and oxygen atoms in total. The Morgan fingerprint density at radius 1 is 1.29 bits per heavy atom. The van der Waals surface area contributed by atoms with Crippen LogP contribution in [0.4, 0.5) is 0 Å². The maximum Gasteiger partial charge on any atom is 0.243 e. The Balaban J connectivity index is 1.85. The monoisotopic (exact) mass is 328 g/mol. The normalized spacial score (nSPS) is 17.1. The fourth-order valence-electron chi connectivity index (χ4n) is 3.15. The van der Waals surface area contributed by atoms with Crippen LogP contribution in [0.25, 0.3) is 11.4 Å². The molecule has 1 aromatic heterocycles. The molecule has 1 unspecified atom stereocenters. The molecular weight excluding hydrogens is 304 g/mol. The Hall–Kier alpha value is -2.21. The molecule has 1 aromatic carbocycles. The van der Waals surface area contributed by atoms with Gasteiger partial charge in [0.15, 0.2) is 5.82 Å². The summed E-state index contributed by atoms with van der Waals surface area (Å²) in [5.74, 6) is 1.74. The Labute approximate surface area is 142 Å². The van der Waals surface area contributed by atoms with Crippen molar-refractivity contribution in [3.05, 3.63) is 36.2 Å². The van der Waals surface area contributed by atoms with Crippen LogP contribution in [-0.4, -0.2) is 40.9 Å². The van der Waals surface area contributed by atoms with Gasteiger partial charge in [-0.15, -0.1) is 10.2 Å². The number of aryl methyl sites for hydroxylation is 1. The molecule has 3 rings (SSSR count). The lowest BCUT2D eigenvalue weighted by Gasteiger charge is -2.19. The third-order valence-corrected chi connectivity index (χ3v) is 4.37. The van der Waals surface area contributed by atoms with Crippen molar-refractivity contribution in [3.63, 3.8) is 0 Å². The molecule has 2 aromatic rings. The van der Waals surface area contributed by atoms with E-state index in [0.717, 1.165) is 49.3 Å². The zero-order chi connectivity index (χ0) is 16.8. The Bertz CT molecular complexity index is 669. The van der Waals surface area contributed by atoms with Gasteiger partial charge in [0.05, 0.1) is 0 Å². The van der Waals surface area contributed by atoms with Gasteiger partial charge in [0.25, 0.3) is 0 Å². The van der Waals surface area contributed by atoms with E-state index >= 15 is 0 Å². The average molecular weight is 328 g/mol. The molecule has 2 heterocycles. The fraction of sp³-hybridized carbons (Fsp3) is 0.500. The Kier molecular flexibility index (Phi) is 5.59. The molecule has 0 fully saturated rings. The molecular formula is C18H24N4O2. The highest BCUT2D eigenvalue weighted by atomic mass is 16.5. The van der Waals surface area contributed by atoms with Crippen LogP contribution >= 0.6 is 0 Å². The molecule has 1 atom stereocenters. The van der Waals surface area contributed by atoms with E-state index in [2.05, 4.69) is 15.5 Å². The van der Waals surface area contributed by atoms with Gasteiger partial charge in [-0.3, -0.25) is 9.36 Å². The summed E-state index contributed by atoms with van der Waals surface area (Å²) in [6, 6.07) is 9.71. The summed E-state index contributed by atoms with van der Waals surface area (Å²) in [6.07, 6.45) is 4.57. The number of nitrogens with one attached hydrogen (secondary N) is 1. The topological polar surface area (TPSA) is 69.0 Å². The van der Waals surface area contributed by atoms with Crippen LogP contribution < -0.4 is 5.32 Å². The van der Waals surface area contributed by atoms with Crippen molar-refractivity contribution in [1.29, 1.82) is 0 Å². The Morgan fingerprint density at radius 2 is 2.12 bits per heavy atom. The maximum atomic E-state index is 12.7. The molecule has 0 radical (unpaired) electrons. The summed E-state index contributed by atoms with van der Waals surface area (Å²) < 4.78 is 7.07. The van der Waals surface area contributed by atoms with Crippen LogP contribution in [0.2, 0.25) is 0 Å². The van der Waals surface area contributed by atoms with E-state index in [1.807, 2.05) is 34.9 Å². The number of amides is 1. The number of aromatic nitrogens is 3. The lowest BCUT2D eigenvalue weighted by molar-refractivity contribution is -0.124. The highest BCUT2D eigenvalue weighted by Crippen LogP contribution is 2.29. The first-order chi connectivity index (χ1) is 11.8. The number of ether oxygens (including phenoxy) is 1. The molecule has 0 saturated heterocycles. The van der Waals surface area contributed by atoms with E-state index in [4.69, 9.17) is 4.74 Å². The van der Waals surface area contributed by atoms with Crippen molar-refractivity contribution >= 4 is 5.91 Å². The average Bonchev–Trinajstić information content (AvgIpc) is 2.92. The van der Waals surface area contributed by atoms with Gasteiger partial charge in [0.2, 0.25) is 5.91 Å². The molecule has 0 saturated carbocycles. The summed E-state index contributed by atoms with van der Waals surface area (Å²) in [6.45, 7) is 1.28. The number of fused-ring (bicyclic) bond motifs is 1. The van der Waals surface area contributed by atoms with E-state index in [-0.39, 0.29) is 11.9 Å². The van der Waals surface area contributed by atoms with Crippen molar-refractivity contribution < 1.29 is 9.53 Å². The molecule has 128 valence electrons. The van der Waals surface area contributed by atoms with Crippen molar-refractivity contribution in [3.8, 4) is 11.4 Å². The second-order valence-corrected chi connectivity index (χ2v) is 6.07. The first-order valence-electron chi connectivity index (χ1n) is 8.57. The fourth-order valence-corrected chi connectivity index (χ4v) is 3.15. The molecule has 24 heavy (non-hydrogen) atoms. The number of carbonyl (C=O) groups is 1. The minimum atomic E-state index is -0.241. The summed E-state index contributed by atoms with van der Waals surface area (Å²) in [5, 5.41) is 11.7. The van der Waals surface area contributed by atoms with Crippen molar-refractivity contribution in [1.82, 2.24) is 20.1 Å². The highest BCUT2D eigenvalue weighted by molar-refractivity contribution is 5.81. The predicted octanol–water partition coefficient (Wildman–Crippen LogP) is 2.37. The number of benzene rings is 1. The Morgan fingerprint density at radius 3 is 2.92 bits per heavy atom. The van der Waals surface area contributed by atoms with E-state index in [0.29, 0.717) is 13.2 Å². The molecule has 1 N–H and O–H groups in total. The van der Waals surface area contributed by atoms with Crippen molar-refractivity contribution in [2.75, 3.05) is 20.3 Å². The number of hydrogen-bond donors (Lipinski definition) is 1. The zero-order valence-electron chi connectivity index (χ0n) is 14.1. The number of hydrogen-bond acceptors (Lipinski definition) is 4. The largest absolute Gasteiger partial charge is 0.385 e. The molecule has 1 aliphatic rings. The maximum absolute atomic E-state index is 12.7. The van der Waals surface area contributed by atoms with Crippen LogP contribution in [0, 0.1) is 0 Å². The number of nitrogens with zero attached hydrogens (tertiary/aromatic N) is 3. The third-order valence-electron chi connectivity index (χ3n) is 4.37. The second kappa shape index (κ2) is 8.06. The summed E-state index contributed by atoms with van der Waals surface area (Å²) in [4.78, 5) is 12.7. The first kappa shape index (κ1) is 16.6. The third kappa shape index (κ3) is 3.64. The number of carbonyl (C=O) groups excluding carboxylic acids is 1. The molecule has 0 aliphatic carbocycles. The van der Waals surface area contributed by atoms with E-state index in [9.17, 15) is 4.79 Å². The van der Waals surface area contributed by atoms with Gasteiger partial charge in [-0.2, -0.15) is 0 Å². The van der Waals surface area contributed by atoms with Crippen LogP contribution in [0.3, 0.4) is 0 Å². The van der Waals surface area contributed by atoms with Gasteiger partial charge in [0.1, 0.15) is 11.9 Å². The summed E-state index contributed by atoms with van der Waals surface area (Å²) in [5.41, 5.74) is 0.996.